The molecule has 0 aliphatic heterocycles. The van der Waals surface area contributed by atoms with Gasteiger partial charge in [-0.1, -0.05) is 20.8 Å². The smallest absolute Gasteiger partial charge is 0.306 e. The lowest BCUT2D eigenvalue weighted by Gasteiger charge is -2.36. The number of sulfonamides is 1. The summed E-state index contributed by atoms with van der Waals surface area (Å²) in [4.78, 5) is 22.9. The van der Waals surface area contributed by atoms with Gasteiger partial charge in [0.25, 0.3) is 0 Å². The number of hydrogen-bond donors (Lipinski definition) is 3. The standard InChI is InChI=1S/C12H22N2O5S/c1-12(2,3)9(14-20(4,18)19)10(15)13-8-5-7(6-8)11(16)17/h7-9,14H,5-6H2,1-4H3,(H,13,15)(H,16,17). The van der Waals surface area contributed by atoms with E-state index in [2.05, 4.69) is 10.0 Å². The highest BCUT2D eigenvalue weighted by atomic mass is 32.2. The van der Waals surface area contributed by atoms with E-state index in [1.807, 2.05) is 0 Å². The SMILES string of the molecule is CC(C)(C)C(NS(C)(=O)=O)C(=O)NC1CC(C(=O)O)C1. The number of amides is 1. The Kier molecular flexibility index (Phi) is 4.81. The Morgan fingerprint density at radius 2 is 1.75 bits per heavy atom. The van der Waals surface area contributed by atoms with Gasteiger partial charge in [0.1, 0.15) is 6.04 Å². The van der Waals surface area contributed by atoms with Crippen molar-refractivity contribution in [3.63, 3.8) is 0 Å². The zero-order valence-corrected chi connectivity index (χ0v) is 13.0. The maximum atomic E-state index is 12.2. The average Bonchev–Trinajstić information content (AvgIpc) is 2.15. The molecule has 1 aliphatic rings. The van der Waals surface area contributed by atoms with E-state index in [-0.39, 0.29) is 6.04 Å². The normalized spacial score (nSPS) is 24.6. The van der Waals surface area contributed by atoms with E-state index in [0.717, 1.165) is 6.26 Å². The number of carbonyl (C=O) groups excluding carboxylic acids is 1. The van der Waals surface area contributed by atoms with Crippen LogP contribution in [-0.4, -0.2) is 43.7 Å². The van der Waals surface area contributed by atoms with E-state index >= 15 is 0 Å². The van der Waals surface area contributed by atoms with Crippen LogP contribution in [0.4, 0.5) is 0 Å². The molecule has 116 valence electrons. The van der Waals surface area contributed by atoms with Crippen molar-refractivity contribution >= 4 is 21.9 Å². The maximum absolute atomic E-state index is 12.2. The van der Waals surface area contributed by atoms with Crippen molar-refractivity contribution in [2.75, 3.05) is 6.26 Å². The second-order valence-corrected chi connectivity index (χ2v) is 8.18. The summed E-state index contributed by atoms with van der Waals surface area (Å²) in [5, 5.41) is 11.5. The molecule has 0 spiro atoms. The third kappa shape index (κ3) is 4.75. The molecule has 0 heterocycles. The van der Waals surface area contributed by atoms with Crippen molar-refractivity contribution in [2.45, 2.75) is 45.7 Å². The van der Waals surface area contributed by atoms with Crippen LogP contribution < -0.4 is 10.0 Å². The Hall–Kier alpha value is -1.15. The number of aliphatic carboxylic acids is 1. The summed E-state index contributed by atoms with van der Waals surface area (Å²) in [6, 6.07) is -1.09. The topological polar surface area (TPSA) is 113 Å². The Morgan fingerprint density at radius 1 is 1.25 bits per heavy atom. The summed E-state index contributed by atoms with van der Waals surface area (Å²) in [7, 11) is -3.51. The van der Waals surface area contributed by atoms with Gasteiger partial charge in [-0.05, 0) is 18.3 Å². The first-order chi connectivity index (χ1) is 8.90. The van der Waals surface area contributed by atoms with Gasteiger partial charge in [-0.15, -0.1) is 0 Å². The second-order valence-electron chi connectivity index (χ2n) is 6.40. The Balaban J connectivity index is 2.64. The number of carboxylic acids is 1. The van der Waals surface area contributed by atoms with Crippen molar-refractivity contribution < 1.29 is 23.1 Å². The average molecular weight is 306 g/mol. The van der Waals surface area contributed by atoms with Crippen molar-refractivity contribution in [3.05, 3.63) is 0 Å². The van der Waals surface area contributed by atoms with Crippen LogP contribution in [0.25, 0.3) is 0 Å². The Labute approximate surface area is 119 Å². The molecule has 1 aliphatic carbocycles. The second kappa shape index (κ2) is 5.69. The summed E-state index contributed by atoms with van der Waals surface area (Å²) >= 11 is 0. The molecule has 3 N–H and O–H groups in total. The lowest BCUT2D eigenvalue weighted by molar-refractivity contribution is -0.146. The van der Waals surface area contributed by atoms with Gasteiger partial charge < -0.3 is 10.4 Å². The molecule has 0 radical (unpaired) electrons. The first-order valence-electron chi connectivity index (χ1n) is 6.40. The van der Waals surface area contributed by atoms with Gasteiger partial charge in [-0.2, -0.15) is 0 Å². The molecular formula is C12H22N2O5S. The monoisotopic (exact) mass is 306 g/mol. The molecule has 1 amide bonds. The summed E-state index contributed by atoms with van der Waals surface area (Å²) in [5.41, 5.74) is -0.580. The van der Waals surface area contributed by atoms with Gasteiger partial charge in [0.15, 0.2) is 0 Å². The molecule has 1 saturated carbocycles. The molecule has 0 aromatic heterocycles. The van der Waals surface area contributed by atoms with E-state index in [1.54, 1.807) is 20.8 Å². The van der Waals surface area contributed by atoms with E-state index in [9.17, 15) is 18.0 Å². The predicted octanol–water partition coefficient (Wildman–Crippen LogP) is -0.0703. The van der Waals surface area contributed by atoms with Crippen LogP contribution in [0.2, 0.25) is 0 Å². The molecule has 0 saturated heterocycles. The van der Waals surface area contributed by atoms with Crippen LogP contribution in [0.3, 0.4) is 0 Å². The molecule has 20 heavy (non-hydrogen) atoms. The Bertz CT molecular complexity index is 488. The van der Waals surface area contributed by atoms with Crippen molar-refractivity contribution in [3.8, 4) is 0 Å². The number of rotatable bonds is 5. The molecule has 0 aromatic carbocycles. The fraction of sp³-hybridized carbons (Fsp3) is 0.833. The molecule has 8 heteroatoms. The molecule has 0 bridgehead atoms. The van der Waals surface area contributed by atoms with Crippen molar-refractivity contribution in [2.24, 2.45) is 11.3 Å². The molecule has 7 nitrogen and oxygen atoms in total. The number of hydrogen-bond acceptors (Lipinski definition) is 4. The molecule has 1 fully saturated rings. The molecule has 1 atom stereocenters. The minimum absolute atomic E-state index is 0.199. The summed E-state index contributed by atoms with van der Waals surface area (Å²) in [5.74, 6) is -1.70. The minimum Gasteiger partial charge on any atom is -0.481 e. The van der Waals surface area contributed by atoms with Gasteiger partial charge in [0, 0.05) is 6.04 Å². The minimum atomic E-state index is -3.51. The molecule has 0 aromatic rings. The van der Waals surface area contributed by atoms with Gasteiger partial charge in [-0.25, -0.2) is 13.1 Å². The fourth-order valence-corrected chi connectivity index (χ4v) is 2.95. The summed E-state index contributed by atoms with van der Waals surface area (Å²) in [6.45, 7) is 5.28. The fourth-order valence-electron chi connectivity index (χ4n) is 2.06. The van der Waals surface area contributed by atoms with Crippen LogP contribution in [0.5, 0.6) is 0 Å². The van der Waals surface area contributed by atoms with Crippen LogP contribution >= 0.6 is 0 Å². The number of carbonyl (C=O) groups is 2. The third-order valence-electron chi connectivity index (χ3n) is 3.29. The highest BCUT2D eigenvalue weighted by molar-refractivity contribution is 7.88. The Morgan fingerprint density at radius 3 is 2.10 bits per heavy atom. The van der Waals surface area contributed by atoms with Gasteiger partial charge in [0.05, 0.1) is 12.2 Å². The number of carboxylic acid groups (broad SMARTS) is 1. The van der Waals surface area contributed by atoms with Crippen molar-refractivity contribution in [1.82, 2.24) is 10.0 Å². The number of nitrogens with one attached hydrogen (secondary N) is 2. The lowest BCUT2D eigenvalue weighted by atomic mass is 9.79. The first kappa shape index (κ1) is 16.9. The largest absolute Gasteiger partial charge is 0.481 e. The third-order valence-corrected chi connectivity index (χ3v) is 3.96. The first-order valence-corrected chi connectivity index (χ1v) is 8.30. The summed E-state index contributed by atoms with van der Waals surface area (Å²) < 4.78 is 25.0. The van der Waals surface area contributed by atoms with E-state index in [0.29, 0.717) is 12.8 Å². The van der Waals surface area contributed by atoms with Crippen LogP contribution in [0.1, 0.15) is 33.6 Å². The van der Waals surface area contributed by atoms with Crippen LogP contribution in [0.15, 0.2) is 0 Å². The van der Waals surface area contributed by atoms with Gasteiger partial charge >= 0.3 is 5.97 Å². The van der Waals surface area contributed by atoms with Gasteiger partial charge in [0.2, 0.25) is 15.9 Å². The quantitative estimate of drug-likeness (QED) is 0.658. The highest BCUT2D eigenvalue weighted by Crippen LogP contribution is 2.28. The maximum Gasteiger partial charge on any atom is 0.306 e. The zero-order valence-electron chi connectivity index (χ0n) is 12.1. The molecule has 1 unspecified atom stereocenters. The van der Waals surface area contributed by atoms with Crippen molar-refractivity contribution in [1.29, 1.82) is 0 Å². The van der Waals surface area contributed by atoms with E-state index < -0.39 is 39.3 Å². The molecular weight excluding hydrogens is 284 g/mol. The predicted molar refractivity (Wildman–Crippen MR) is 73.5 cm³/mol. The van der Waals surface area contributed by atoms with E-state index in [1.165, 1.54) is 0 Å². The van der Waals surface area contributed by atoms with E-state index in [4.69, 9.17) is 5.11 Å². The van der Waals surface area contributed by atoms with Crippen LogP contribution in [-0.2, 0) is 19.6 Å². The van der Waals surface area contributed by atoms with Crippen LogP contribution in [0, 0.1) is 11.3 Å². The van der Waals surface area contributed by atoms with Gasteiger partial charge in [-0.3, -0.25) is 9.59 Å². The zero-order chi connectivity index (χ0) is 15.7. The molecule has 1 rings (SSSR count). The lowest BCUT2D eigenvalue weighted by Crippen LogP contribution is -2.57. The highest BCUT2D eigenvalue weighted by Gasteiger charge is 2.39. The summed E-state index contributed by atoms with van der Waals surface area (Å²) in [6.07, 6.45) is 1.77.